The number of halogens is 1. The van der Waals surface area contributed by atoms with E-state index in [9.17, 15) is 5.11 Å². The maximum absolute atomic E-state index is 10.3. The van der Waals surface area contributed by atoms with Gasteiger partial charge in [-0.05, 0) is 17.9 Å². The fraction of sp³-hybridized carbons (Fsp3) is 0.455. The van der Waals surface area contributed by atoms with Crippen LogP contribution in [0.4, 0.5) is 0 Å². The van der Waals surface area contributed by atoms with Crippen LogP contribution in [0.25, 0.3) is 0 Å². The van der Waals surface area contributed by atoms with Gasteiger partial charge in [-0.1, -0.05) is 37.3 Å². The number of rotatable bonds is 1. The number of hydrogen-bond donors (Lipinski definition) is 1. The van der Waals surface area contributed by atoms with Gasteiger partial charge < -0.3 is 5.11 Å². The second-order valence-corrected chi connectivity index (χ2v) is 4.32. The Hall–Kier alpha value is -0.530. The van der Waals surface area contributed by atoms with Crippen molar-refractivity contribution >= 4 is 11.6 Å². The lowest BCUT2D eigenvalue weighted by atomic mass is 9.66. The summed E-state index contributed by atoms with van der Waals surface area (Å²) in [5.74, 6) is 0.261. The van der Waals surface area contributed by atoms with Gasteiger partial charge in [0.2, 0.25) is 0 Å². The Balaban J connectivity index is 2.35. The van der Waals surface area contributed by atoms with Crippen molar-refractivity contribution in [2.45, 2.75) is 24.3 Å². The Labute approximate surface area is 83.3 Å². The second-order valence-electron chi connectivity index (χ2n) is 3.80. The van der Waals surface area contributed by atoms with E-state index in [0.717, 1.165) is 12.0 Å². The normalized spacial score (nSPS) is 38.4. The molecular weight excluding hydrogens is 184 g/mol. The smallest absolute Gasteiger partial charge is 0.108 e. The summed E-state index contributed by atoms with van der Waals surface area (Å²) >= 11 is 6.04. The first-order valence-corrected chi connectivity index (χ1v) is 5.01. The minimum Gasteiger partial charge on any atom is -0.383 e. The quantitative estimate of drug-likeness (QED) is 0.685. The van der Waals surface area contributed by atoms with E-state index in [0.29, 0.717) is 0 Å². The maximum atomic E-state index is 10.3. The van der Waals surface area contributed by atoms with Crippen LogP contribution in [0.2, 0.25) is 0 Å². The van der Waals surface area contributed by atoms with E-state index in [-0.39, 0.29) is 11.3 Å². The summed E-state index contributed by atoms with van der Waals surface area (Å²) in [4.78, 5) is 0. The third-order valence-corrected chi connectivity index (χ3v) is 3.54. The molecule has 1 aromatic rings. The first kappa shape index (κ1) is 9.04. The largest absolute Gasteiger partial charge is 0.383 e. The second kappa shape index (κ2) is 3.00. The average molecular weight is 197 g/mol. The van der Waals surface area contributed by atoms with Gasteiger partial charge in [0.1, 0.15) is 5.60 Å². The topological polar surface area (TPSA) is 20.2 Å². The lowest BCUT2D eigenvalue weighted by Gasteiger charge is -2.48. The van der Waals surface area contributed by atoms with Gasteiger partial charge in [0.05, 0.1) is 5.38 Å². The monoisotopic (exact) mass is 196 g/mol. The summed E-state index contributed by atoms with van der Waals surface area (Å²) in [6.45, 7) is 2.03. The first-order chi connectivity index (χ1) is 6.15. The molecule has 1 saturated carbocycles. The first-order valence-electron chi connectivity index (χ1n) is 4.57. The predicted octanol–water partition coefficient (Wildman–Crippen LogP) is 2.52. The van der Waals surface area contributed by atoms with Crippen LogP contribution in [0.5, 0.6) is 0 Å². The van der Waals surface area contributed by atoms with Crippen molar-refractivity contribution in [3.05, 3.63) is 35.9 Å². The van der Waals surface area contributed by atoms with Gasteiger partial charge in [-0.15, -0.1) is 11.6 Å². The third-order valence-electron chi connectivity index (χ3n) is 3.03. The number of aliphatic hydroxyl groups is 1. The van der Waals surface area contributed by atoms with Crippen LogP contribution in [0.15, 0.2) is 30.3 Å². The van der Waals surface area contributed by atoms with Crippen molar-refractivity contribution in [2.75, 3.05) is 0 Å². The molecule has 2 heteroatoms. The molecule has 70 valence electrons. The highest BCUT2D eigenvalue weighted by atomic mass is 35.5. The Bertz CT molecular complexity index is 288. The van der Waals surface area contributed by atoms with E-state index in [1.807, 2.05) is 37.3 Å². The average Bonchev–Trinajstić information content (AvgIpc) is 2.18. The van der Waals surface area contributed by atoms with Crippen LogP contribution < -0.4 is 0 Å². The lowest BCUT2D eigenvalue weighted by Crippen LogP contribution is -2.52. The van der Waals surface area contributed by atoms with Gasteiger partial charge >= 0.3 is 0 Å². The van der Waals surface area contributed by atoms with Gasteiger partial charge in [0.25, 0.3) is 0 Å². The molecule has 1 nitrogen and oxygen atoms in total. The number of hydrogen-bond acceptors (Lipinski definition) is 1. The summed E-state index contributed by atoms with van der Waals surface area (Å²) in [5, 5.41) is 10.2. The highest BCUT2D eigenvalue weighted by Gasteiger charge is 2.51. The summed E-state index contributed by atoms with van der Waals surface area (Å²) < 4.78 is 0. The molecule has 3 atom stereocenters. The molecule has 0 aromatic heterocycles. The molecule has 2 rings (SSSR count). The molecule has 0 spiro atoms. The Morgan fingerprint density at radius 2 is 2.00 bits per heavy atom. The Morgan fingerprint density at radius 1 is 1.38 bits per heavy atom. The molecule has 0 bridgehead atoms. The van der Waals surface area contributed by atoms with Gasteiger partial charge in [0.15, 0.2) is 0 Å². The molecule has 3 unspecified atom stereocenters. The molecule has 0 heterocycles. The van der Waals surface area contributed by atoms with E-state index < -0.39 is 5.60 Å². The standard InChI is InChI=1S/C11H13ClO/c1-8-7-10(12)11(8,13)9-5-3-2-4-6-9/h2-6,8,10,13H,7H2,1H3. The molecule has 0 saturated heterocycles. The van der Waals surface area contributed by atoms with Gasteiger partial charge in [-0.2, -0.15) is 0 Å². The van der Waals surface area contributed by atoms with E-state index in [1.165, 1.54) is 0 Å². The van der Waals surface area contributed by atoms with Crippen molar-refractivity contribution in [1.82, 2.24) is 0 Å². The summed E-state index contributed by atoms with van der Waals surface area (Å²) in [6, 6.07) is 9.68. The van der Waals surface area contributed by atoms with Crippen LogP contribution in [-0.2, 0) is 5.60 Å². The summed E-state index contributed by atoms with van der Waals surface area (Å²) in [6.07, 6.45) is 0.896. The van der Waals surface area contributed by atoms with Gasteiger partial charge in [0, 0.05) is 0 Å². The number of benzene rings is 1. The van der Waals surface area contributed by atoms with Gasteiger partial charge in [-0.3, -0.25) is 0 Å². The Morgan fingerprint density at radius 3 is 2.46 bits per heavy atom. The van der Waals surface area contributed by atoms with E-state index in [4.69, 9.17) is 11.6 Å². The number of alkyl halides is 1. The molecule has 1 fully saturated rings. The molecule has 0 radical (unpaired) electrons. The van der Waals surface area contributed by atoms with Crippen molar-refractivity contribution in [3.63, 3.8) is 0 Å². The Kier molecular flexibility index (Phi) is 2.09. The SMILES string of the molecule is CC1CC(Cl)C1(O)c1ccccc1. The minimum atomic E-state index is -0.803. The molecule has 1 aliphatic carbocycles. The third kappa shape index (κ3) is 1.18. The van der Waals surface area contributed by atoms with E-state index >= 15 is 0 Å². The van der Waals surface area contributed by atoms with Crippen molar-refractivity contribution in [1.29, 1.82) is 0 Å². The highest BCUT2D eigenvalue weighted by molar-refractivity contribution is 6.22. The highest BCUT2D eigenvalue weighted by Crippen LogP contribution is 2.49. The van der Waals surface area contributed by atoms with Gasteiger partial charge in [-0.25, -0.2) is 0 Å². The lowest BCUT2D eigenvalue weighted by molar-refractivity contribution is -0.0874. The molecule has 1 N–H and O–H groups in total. The minimum absolute atomic E-state index is 0.134. The molecule has 1 aromatic carbocycles. The predicted molar refractivity (Wildman–Crippen MR) is 53.8 cm³/mol. The molecule has 13 heavy (non-hydrogen) atoms. The molecule has 1 aliphatic rings. The zero-order valence-corrected chi connectivity index (χ0v) is 8.33. The van der Waals surface area contributed by atoms with Crippen molar-refractivity contribution < 1.29 is 5.11 Å². The summed E-state index contributed by atoms with van der Waals surface area (Å²) in [5.41, 5.74) is 0.136. The van der Waals surface area contributed by atoms with Crippen LogP contribution >= 0.6 is 11.6 Å². The maximum Gasteiger partial charge on any atom is 0.108 e. The van der Waals surface area contributed by atoms with Crippen LogP contribution in [0, 0.1) is 5.92 Å². The van der Waals surface area contributed by atoms with Crippen molar-refractivity contribution in [2.24, 2.45) is 5.92 Å². The fourth-order valence-corrected chi connectivity index (χ4v) is 2.60. The zero-order chi connectivity index (χ0) is 9.47. The van der Waals surface area contributed by atoms with Crippen LogP contribution in [0.3, 0.4) is 0 Å². The van der Waals surface area contributed by atoms with Crippen molar-refractivity contribution in [3.8, 4) is 0 Å². The molecule has 0 aliphatic heterocycles. The molecular formula is C11H13ClO. The summed E-state index contributed by atoms with van der Waals surface area (Å²) in [7, 11) is 0. The fourth-order valence-electron chi connectivity index (χ4n) is 1.99. The molecule has 0 amide bonds. The van der Waals surface area contributed by atoms with E-state index in [1.54, 1.807) is 0 Å². The van der Waals surface area contributed by atoms with E-state index in [2.05, 4.69) is 0 Å². The van der Waals surface area contributed by atoms with Crippen LogP contribution in [0.1, 0.15) is 18.9 Å². The van der Waals surface area contributed by atoms with Crippen LogP contribution in [-0.4, -0.2) is 10.5 Å². The zero-order valence-electron chi connectivity index (χ0n) is 7.57.